The third kappa shape index (κ3) is 1.46. The zero-order valence-electron chi connectivity index (χ0n) is 8.78. The van der Waals surface area contributed by atoms with E-state index in [9.17, 15) is 5.11 Å². The van der Waals surface area contributed by atoms with Crippen molar-refractivity contribution in [3.05, 3.63) is 34.3 Å². The van der Waals surface area contributed by atoms with E-state index in [0.717, 1.165) is 10.6 Å². The van der Waals surface area contributed by atoms with E-state index < -0.39 is 6.23 Å². The van der Waals surface area contributed by atoms with E-state index in [1.54, 1.807) is 0 Å². The van der Waals surface area contributed by atoms with E-state index >= 15 is 0 Å². The fourth-order valence-corrected chi connectivity index (χ4v) is 1.82. The van der Waals surface area contributed by atoms with Gasteiger partial charge in [0.2, 0.25) is 0 Å². The van der Waals surface area contributed by atoms with Crippen LogP contribution in [0.4, 0.5) is 0 Å². The molecule has 1 heterocycles. The molecule has 0 aliphatic carbocycles. The number of rotatable bonds is 0. The van der Waals surface area contributed by atoms with E-state index in [2.05, 4.69) is 31.8 Å². The Morgan fingerprint density at radius 1 is 1.29 bits per heavy atom. The molecule has 0 spiro atoms. The van der Waals surface area contributed by atoms with Gasteiger partial charge in [-0.25, -0.2) is 4.99 Å². The van der Waals surface area contributed by atoms with Crippen molar-refractivity contribution in [2.45, 2.75) is 32.4 Å². The van der Waals surface area contributed by atoms with Crippen molar-refractivity contribution in [1.29, 1.82) is 0 Å². The average molecular weight is 189 g/mol. The summed E-state index contributed by atoms with van der Waals surface area (Å²) in [4.78, 5) is 4.13. The zero-order valence-corrected chi connectivity index (χ0v) is 8.78. The maximum Gasteiger partial charge on any atom is 0.165 e. The summed E-state index contributed by atoms with van der Waals surface area (Å²) in [5, 5.41) is 11.4. The number of nitrogens with zero attached hydrogens (tertiary/aromatic N) is 1. The van der Waals surface area contributed by atoms with Gasteiger partial charge in [0.25, 0.3) is 0 Å². The Bertz CT molecular complexity index is 468. The first-order chi connectivity index (χ1) is 6.48. The second-order valence-electron chi connectivity index (χ2n) is 4.70. The van der Waals surface area contributed by atoms with Gasteiger partial charge in [0.05, 0.1) is 5.36 Å². The molecule has 1 aromatic rings. The quantitative estimate of drug-likeness (QED) is 0.640. The van der Waals surface area contributed by atoms with Crippen LogP contribution in [0.5, 0.6) is 0 Å². The Morgan fingerprint density at radius 3 is 2.64 bits per heavy atom. The molecule has 0 saturated heterocycles. The second-order valence-corrected chi connectivity index (χ2v) is 4.70. The van der Waals surface area contributed by atoms with Crippen LogP contribution in [-0.2, 0) is 5.41 Å². The standard InChI is InChI=1S/C12H15NO/c1-12(2,3)9-5-4-6-10-8(9)7-11(14)13-10/h4-7,11,14H,1-3H3. The highest BCUT2D eigenvalue weighted by atomic mass is 16.3. The SMILES string of the molecule is CC(C)(C)c1cccc2c1=CC(O)N=2. The summed E-state index contributed by atoms with van der Waals surface area (Å²) in [6, 6.07) is 6.04. The van der Waals surface area contributed by atoms with Gasteiger partial charge in [-0.2, -0.15) is 0 Å². The molecule has 2 rings (SSSR count). The molecule has 0 radical (unpaired) electrons. The first-order valence-electron chi connectivity index (χ1n) is 4.86. The van der Waals surface area contributed by atoms with Crippen LogP contribution < -0.4 is 10.6 Å². The summed E-state index contributed by atoms with van der Waals surface area (Å²) in [5.74, 6) is 0. The highest BCUT2D eigenvalue weighted by molar-refractivity contribution is 5.38. The summed E-state index contributed by atoms with van der Waals surface area (Å²) in [6.45, 7) is 6.50. The molecule has 2 heteroatoms. The molecule has 14 heavy (non-hydrogen) atoms. The second kappa shape index (κ2) is 2.92. The highest BCUT2D eigenvalue weighted by Gasteiger charge is 2.17. The monoisotopic (exact) mass is 189 g/mol. The smallest absolute Gasteiger partial charge is 0.165 e. The molecular weight excluding hydrogens is 174 g/mol. The fraction of sp³-hybridized carbons (Fsp3) is 0.417. The summed E-state index contributed by atoms with van der Waals surface area (Å²) in [7, 11) is 0. The van der Waals surface area contributed by atoms with Crippen LogP contribution in [0.1, 0.15) is 26.3 Å². The molecule has 74 valence electrons. The van der Waals surface area contributed by atoms with Gasteiger partial charge in [-0.05, 0) is 23.1 Å². The van der Waals surface area contributed by atoms with E-state index in [4.69, 9.17) is 0 Å². The van der Waals surface area contributed by atoms with Crippen molar-refractivity contribution < 1.29 is 5.11 Å². The highest BCUT2D eigenvalue weighted by Crippen LogP contribution is 2.17. The van der Waals surface area contributed by atoms with Crippen molar-refractivity contribution in [3.8, 4) is 0 Å². The lowest BCUT2D eigenvalue weighted by Gasteiger charge is -2.19. The summed E-state index contributed by atoms with van der Waals surface area (Å²) in [5.41, 5.74) is 1.34. The topological polar surface area (TPSA) is 32.6 Å². The van der Waals surface area contributed by atoms with Gasteiger partial charge >= 0.3 is 0 Å². The third-order valence-electron chi connectivity index (χ3n) is 2.48. The lowest BCUT2D eigenvalue weighted by molar-refractivity contribution is 0.248. The number of hydrogen-bond donors (Lipinski definition) is 1. The van der Waals surface area contributed by atoms with Crippen molar-refractivity contribution in [2.75, 3.05) is 0 Å². The van der Waals surface area contributed by atoms with E-state index in [0.29, 0.717) is 0 Å². The Morgan fingerprint density at radius 2 is 2.00 bits per heavy atom. The Kier molecular flexibility index (Phi) is 1.96. The van der Waals surface area contributed by atoms with Crippen LogP contribution in [0, 0.1) is 0 Å². The molecule has 0 saturated carbocycles. The number of benzene rings is 1. The van der Waals surface area contributed by atoms with Gasteiger partial charge in [-0.3, -0.25) is 0 Å². The number of hydrogen-bond acceptors (Lipinski definition) is 2. The van der Waals surface area contributed by atoms with Crippen molar-refractivity contribution in [3.63, 3.8) is 0 Å². The molecule has 1 aliphatic rings. The average Bonchev–Trinajstić information content (AvgIpc) is 2.41. The molecule has 1 aromatic carbocycles. The largest absolute Gasteiger partial charge is 0.368 e. The Balaban J connectivity index is 2.75. The van der Waals surface area contributed by atoms with Crippen LogP contribution in [0.25, 0.3) is 6.08 Å². The number of fused-ring (bicyclic) bond motifs is 1. The first-order valence-corrected chi connectivity index (χ1v) is 4.86. The van der Waals surface area contributed by atoms with Crippen molar-refractivity contribution >= 4 is 6.08 Å². The lowest BCUT2D eigenvalue weighted by atomic mass is 9.85. The van der Waals surface area contributed by atoms with E-state index in [-0.39, 0.29) is 5.41 Å². The van der Waals surface area contributed by atoms with Gasteiger partial charge in [-0.1, -0.05) is 32.9 Å². The number of aliphatic hydroxyl groups is 1. The van der Waals surface area contributed by atoms with Gasteiger partial charge in [-0.15, -0.1) is 0 Å². The lowest BCUT2D eigenvalue weighted by Crippen LogP contribution is -2.31. The minimum Gasteiger partial charge on any atom is -0.368 e. The number of aliphatic hydroxyl groups excluding tert-OH is 1. The molecule has 0 fully saturated rings. The van der Waals surface area contributed by atoms with Crippen LogP contribution in [0.3, 0.4) is 0 Å². The third-order valence-corrected chi connectivity index (χ3v) is 2.48. The molecule has 1 atom stereocenters. The maximum absolute atomic E-state index is 9.42. The van der Waals surface area contributed by atoms with E-state index in [1.165, 1.54) is 5.56 Å². The predicted octanol–water partition coefficient (Wildman–Crippen LogP) is 0.716. The van der Waals surface area contributed by atoms with Crippen LogP contribution >= 0.6 is 0 Å². The summed E-state index contributed by atoms with van der Waals surface area (Å²) >= 11 is 0. The minimum atomic E-state index is -0.659. The molecule has 2 nitrogen and oxygen atoms in total. The molecule has 1 N–H and O–H groups in total. The molecule has 0 amide bonds. The summed E-state index contributed by atoms with van der Waals surface area (Å²) in [6.07, 6.45) is 1.16. The van der Waals surface area contributed by atoms with E-state index in [1.807, 2.05) is 18.2 Å². The predicted molar refractivity (Wildman–Crippen MR) is 56.4 cm³/mol. The minimum absolute atomic E-state index is 0.0986. The Labute approximate surface area is 83.6 Å². The van der Waals surface area contributed by atoms with Crippen LogP contribution in [-0.4, -0.2) is 11.3 Å². The summed E-state index contributed by atoms with van der Waals surface area (Å²) < 4.78 is 0. The van der Waals surface area contributed by atoms with Gasteiger partial charge in [0, 0.05) is 5.22 Å². The zero-order chi connectivity index (χ0) is 10.3. The van der Waals surface area contributed by atoms with Gasteiger partial charge < -0.3 is 5.11 Å². The van der Waals surface area contributed by atoms with Crippen molar-refractivity contribution in [1.82, 2.24) is 0 Å². The van der Waals surface area contributed by atoms with Gasteiger partial charge in [0.1, 0.15) is 0 Å². The molecular formula is C12H15NO. The van der Waals surface area contributed by atoms with Crippen LogP contribution in [0.15, 0.2) is 23.2 Å². The molecule has 1 aliphatic heterocycles. The van der Waals surface area contributed by atoms with Crippen molar-refractivity contribution in [2.24, 2.45) is 4.99 Å². The van der Waals surface area contributed by atoms with Crippen LogP contribution in [0.2, 0.25) is 0 Å². The first kappa shape index (κ1) is 9.41. The fourth-order valence-electron chi connectivity index (χ4n) is 1.82. The maximum atomic E-state index is 9.42. The Hall–Kier alpha value is -1.15. The molecule has 1 unspecified atom stereocenters. The molecule has 0 bridgehead atoms. The normalized spacial score (nSPS) is 19.9. The van der Waals surface area contributed by atoms with Gasteiger partial charge in [0.15, 0.2) is 6.23 Å². The molecule has 0 aromatic heterocycles.